The van der Waals surface area contributed by atoms with Crippen molar-refractivity contribution in [3.05, 3.63) is 41.2 Å². The van der Waals surface area contributed by atoms with Gasteiger partial charge in [-0.1, -0.05) is 17.3 Å². The van der Waals surface area contributed by atoms with Crippen molar-refractivity contribution in [3.8, 4) is 29.6 Å². The second-order valence-electron chi connectivity index (χ2n) is 5.59. The SMILES string of the molecule is C#CCn1c(=NS(=O)(=O)c2ccc(OC)cc2)sc2cc3c(cc21)OCO3. The first-order valence-electron chi connectivity index (χ1n) is 7.83. The summed E-state index contributed by atoms with van der Waals surface area (Å²) in [4.78, 5) is 0.351. The maximum absolute atomic E-state index is 12.7. The standard InChI is InChI=1S/C18H14N2O5S2/c1-3-8-20-14-9-15-16(25-11-24-15)10-17(14)26-18(20)19-27(21,22)13-6-4-12(23-2)5-7-13/h1,4-7,9-10H,8,11H2,2H3. The van der Waals surface area contributed by atoms with Crippen molar-refractivity contribution < 1.29 is 22.6 Å². The Morgan fingerprint density at radius 1 is 1.26 bits per heavy atom. The molecule has 0 atom stereocenters. The van der Waals surface area contributed by atoms with Gasteiger partial charge < -0.3 is 18.8 Å². The third-order valence-corrected chi connectivity index (χ3v) is 6.42. The maximum atomic E-state index is 12.7. The van der Waals surface area contributed by atoms with Crippen LogP contribution >= 0.6 is 11.3 Å². The predicted molar refractivity (Wildman–Crippen MR) is 101 cm³/mol. The van der Waals surface area contributed by atoms with Gasteiger partial charge in [-0.25, -0.2) is 0 Å². The molecule has 27 heavy (non-hydrogen) atoms. The predicted octanol–water partition coefficient (Wildman–Crippen LogP) is 2.36. The van der Waals surface area contributed by atoms with Gasteiger partial charge in [0, 0.05) is 12.1 Å². The van der Waals surface area contributed by atoms with Crippen molar-refractivity contribution in [1.29, 1.82) is 0 Å². The zero-order chi connectivity index (χ0) is 19.0. The van der Waals surface area contributed by atoms with Crippen LogP contribution in [0, 0.1) is 12.3 Å². The molecular weight excluding hydrogens is 388 g/mol. The second kappa shape index (κ2) is 6.64. The molecule has 2 heterocycles. The molecule has 7 nitrogen and oxygen atoms in total. The van der Waals surface area contributed by atoms with Gasteiger partial charge in [0.2, 0.25) is 11.6 Å². The molecule has 9 heteroatoms. The smallest absolute Gasteiger partial charge is 0.285 e. The minimum absolute atomic E-state index is 0.0715. The molecule has 0 radical (unpaired) electrons. The van der Waals surface area contributed by atoms with Gasteiger partial charge in [0.1, 0.15) is 5.75 Å². The van der Waals surface area contributed by atoms with Gasteiger partial charge in [0.25, 0.3) is 10.0 Å². The lowest BCUT2D eigenvalue weighted by atomic mass is 10.3. The highest BCUT2D eigenvalue weighted by molar-refractivity contribution is 7.90. The highest BCUT2D eigenvalue weighted by Gasteiger charge is 2.19. The van der Waals surface area contributed by atoms with Crippen molar-refractivity contribution in [3.63, 3.8) is 0 Å². The quantitative estimate of drug-likeness (QED) is 0.626. The fraction of sp³-hybridized carbons (Fsp3) is 0.167. The zero-order valence-corrected chi connectivity index (χ0v) is 15.8. The average Bonchev–Trinajstić information content (AvgIpc) is 3.24. The molecule has 3 aromatic rings. The second-order valence-corrected chi connectivity index (χ2v) is 8.20. The summed E-state index contributed by atoms with van der Waals surface area (Å²) >= 11 is 1.22. The molecule has 0 saturated carbocycles. The van der Waals surface area contributed by atoms with E-state index in [4.69, 9.17) is 20.6 Å². The lowest BCUT2D eigenvalue weighted by Crippen LogP contribution is -2.16. The van der Waals surface area contributed by atoms with Gasteiger partial charge in [-0.3, -0.25) is 0 Å². The van der Waals surface area contributed by atoms with Gasteiger partial charge in [-0.15, -0.1) is 10.8 Å². The first-order valence-corrected chi connectivity index (χ1v) is 10.1. The minimum atomic E-state index is -3.91. The van der Waals surface area contributed by atoms with E-state index in [-0.39, 0.29) is 23.0 Å². The normalized spacial score (nSPS) is 13.7. The lowest BCUT2D eigenvalue weighted by Gasteiger charge is -2.03. The molecule has 1 aromatic heterocycles. The van der Waals surface area contributed by atoms with Crippen molar-refractivity contribution in [2.75, 3.05) is 13.9 Å². The van der Waals surface area contributed by atoms with Crippen LogP contribution in [0.15, 0.2) is 45.7 Å². The Morgan fingerprint density at radius 3 is 2.63 bits per heavy atom. The summed E-state index contributed by atoms with van der Waals surface area (Å²) in [7, 11) is -2.40. The zero-order valence-electron chi connectivity index (χ0n) is 14.2. The Labute approximate surface area is 159 Å². The number of ether oxygens (including phenoxy) is 3. The number of sulfonamides is 1. The van der Waals surface area contributed by atoms with Gasteiger partial charge in [-0.05, 0) is 24.3 Å². The summed E-state index contributed by atoms with van der Waals surface area (Å²) in [5.41, 5.74) is 0.742. The number of terminal acetylenes is 1. The number of thiazole rings is 1. The van der Waals surface area contributed by atoms with E-state index >= 15 is 0 Å². The van der Waals surface area contributed by atoms with Crippen LogP contribution in [0.3, 0.4) is 0 Å². The number of aromatic nitrogens is 1. The largest absolute Gasteiger partial charge is 0.497 e. The van der Waals surface area contributed by atoms with Crippen LogP contribution in [0.2, 0.25) is 0 Å². The van der Waals surface area contributed by atoms with E-state index in [0.717, 1.165) is 10.2 Å². The van der Waals surface area contributed by atoms with Crippen LogP contribution in [0.4, 0.5) is 0 Å². The first-order chi connectivity index (χ1) is 13.0. The Kier molecular flexibility index (Phi) is 4.30. The molecule has 138 valence electrons. The minimum Gasteiger partial charge on any atom is -0.497 e. The summed E-state index contributed by atoms with van der Waals surface area (Å²) in [5, 5.41) is 0. The van der Waals surface area contributed by atoms with Crippen LogP contribution in [0.1, 0.15) is 0 Å². The van der Waals surface area contributed by atoms with Crippen LogP contribution < -0.4 is 19.0 Å². The number of hydrogen-bond donors (Lipinski definition) is 0. The van der Waals surface area contributed by atoms with E-state index in [2.05, 4.69) is 10.3 Å². The van der Waals surface area contributed by atoms with Crippen molar-refractivity contribution in [1.82, 2.24) is 4.57 Å². The number of methoxy groups -OCH3 is 1. The maximum Gasteiger partial charge on any atom is 0.285 e. The number of fused-ring (bicyclic) bond motifs is 2. The summed E-state index contributed by atoms with van der Waals surface area (Å²) < 4.78 is 47.8. The van der Waals surface area contributed by atoms with E-state index in [9.17, 15) is 8.42 Å². The van der Waals surface area contributed by atoms with Crippen molar-refractivity contribution in [2.24, 2.45) is 4.40 Å². The lowest BCUT2D eigenvalue weighted by molar-refractivity contribution is 0.174. The molecule has 1 aliphatic rings. The Bertz CT molecular complexity index is 1230. The topological polar surface area (TPSA) is 79.1 Å². The molecule has 2 aromatic carbocycles. The van der Waals surface area contributed by atoms with Gasteiger partial charge in [0.05, 0.1) is 28.8 Å². The molecule has 0 unspecified atom stereocenters. The van der Waals surface area contributed by atoms with E-state index < -0.39 is 10.0 Å². The highest BCUT2D eigenvalue weighted by Crippen LogP contribution is 2.37. The molecule has 1 aliphatic heterocycles. The van der Waals surface area contributed by atoms with E-state index in [1.54, 1.807) is 28.8 Å². The van der Waals surface area contributed by atoms with E-state index in [1.165, 1.54) is 30.6 Å². The molecular formula is C18H14N2O5S2. The highest BCUT2D eigenvalue weighted by atomic mass is 32.2. The van der Waals surface area contributed by atoms with Crippen molar-refractivity contribution >= 4 is 31.6 Å². The van der Waals surface area contributed by atoms with Gasteiger partial charge >= 0.3 is 0 Å². The molecule has 0 amide bonds. The number of benzene rings is 2. The third kappa shape index (κ3) is 3.13. The average molecular weight is 402 g/mol. The van der Waals surface area contributed by atoms with E-state index in [1.807, 2.05) is 0 Å². The van der Waals surface area contributed by atoms with Gasteiger partial charge in [0.15, 0.2) is 11.5 Å². The Hall–Kier alpha value is -2.96. The molecule has 0 N–H and O–H groups in total. The van der Waals surface area contributed by atoms with Crippen LogP contribution in [-0.4, -0.2) is 26.9 Å². The van der Waals surface area contributed by atoms with Crippen LogP contribution in [-0.2, 0) is 16.6 Å². The monoisotopic (exact) mass is 402 g/mol. The number of hydrogen-bond acceptors (Lipinski definition) is 6. The summed E-state index contributed by atoms with van der Waals surface area (Å²) in [6.45, 7) is 0.335. The Morgan fingerprint density at radius 2 is 1.96 bits per heavy atom. The molecule has 0 fully saturated rings. The summed E-state index contributed by atoms with van der Waals surface area (Å²) in [5.74, 6) is 4.31. The molecule has 0 aliphatic carbocycles. The van der Waals surface area contributed by atoms with Crippen LogP contribution in [0.5, 0.6) is 17.2 Å². The van der Waals surface area contributed by atoms with E-state index in [0.29, 0.717) is 17.2 Å². The third-order valence-electron chi connectivity index (χ3n) is 3.98. The number of rotatable bonds is 4. The van der Waals surface area contributed by atoms with Gasteiger partial charge in [-0.2, -0.15) is 8.42 Å². The molecule has 0 spiro atoms. The fourth-order valence-corrected chi connectivity index (χ4v) is 4.92. The summed E-state index contributed by atoms with van der Waals surface area (Å²) in [6.07, 6.45) is 5.47. The van der Waals surface area contributed by atoms with Crippen LogP contribution in [0.25, 0.3) is 10.2 Å². The fourth-order valence-electron chi connectivity index (χ4n) is 2.68. The Balaban J connectivity index is 1.88. The summed E-state index contributed by atoms with van der Waals surface area (Å²) in [6, 6.07) is 9.63. The van der Waals surface area contributed by atoms with Crippen molar-refractivity contribution in [2.45, 2.75) is 11.4 Å². The molecule has 0 bridgehead atoms. The molecule has 4 rings (SSSR count). The number of nitrogens with zero attached hydrogens (tertiary/aromatic N) is 2. The molecule has 0 saturated heterocycles. The first kappa shape index (κ1) is 17.5.